The standard InChI is InChI=1S/C12H18F5NO2/c1-3-8-18(2)10(19)11(13,12(14,15)16)7-5-4-6-9-20-17/h3H,1,4-9H2,2H3. The first-order valence-corrected chi connectivity index (χ1v) is 6.06. The van der Waals surface area contributed by atoms with Crippen LogP contribution in [0.3, 0.4) is 0 Å². The maximum Gasteiger partial charge on any atom is 0.431 e. The van der Waals surface area contributed by atoms with Crippen molar-refractivity contribution in [1.29, 1.82) is 0 Å². The monoisotopic (exact) mass is 303 g/mol. The Hall–Kier alpha value is -1.18. The lowest BCUT2D eigenvalue weighted by molar-refractivity contribution is -0.233. The third-order valence-electron chi connectivity index (χ3n) is 2.78. The minimum atomic E-state index is -5.30. The van der Waals surface area contributed by atoms with Crippen LogP contribution in [-0.2, 0) is 9.74 Å². The van der Waals surface area contributed by atoms with Gasteiger partial charge in [-0.15, -0.1) is 6.58 Å². The summed E-state index contributed by atoms with van der Waals surface area (Å²) >= 11 is 0. The third-order valence-corrected chi connectivity index (χ3v) is 2.78. The van der Waals surface area contributed by atoms with Gasteiger partial charge in [0.1, 0.15) is 0 Å². The molecule has 0 spiro atoms. The van der Waals surface area contributed by atoms with Gasteiger partial charge in [-0.25, -0.2) is 4.39 Å². The Morgan fingerprint density at radius 2 is 1.85 bits per heavy atom. The number of amides is 1. The molecule has 0 aliphatic heterocycles. The van der Waals surface area contributed by atoms with Crippen molar-refractivity contribution in [2.24, 2.45) is 0 Å². The summed E-state index contributed by atoms with van der Waals surface area (Å²) < 4.78 is 63.9. The molecule has 1 atom stereocenters. The lowest BCUT2D eigenvalue weighted by atomic mass is 9.95. The Bertz CT molecular complexity index is 321. The Kier molecular flexibility index (Phi) is 7.70. The van der Waals surface area contributed by atoms with E-state index < -0.39 is 24.2 Å². The summed E-state index contributed by atoms with van der Waals surface area (Å²) in [5.74, 6) is -1.65. The van der Waals surface area contributed by atoms with Gasteiger partial charge in [0.05, 0.1) is 6.61 Å². The lowest BCUT2D eigenvalue weighted by Crippen LogP contribution is -2.54. The molecule has 0 aromatic carbocycles. The second-order valence-electron chi connectivity index (χ2n) is 4.40. The molecule has 118 valence electrons. The maximum absolute atomic E-state index is 14.1. The smallest absolute Gasteiger partial charge is 0.339 e. The molecule has 0 bridgehead atoms. The van der Waals surface area contributed by atoms with Crippen LogP contribution in [0.4, 0.5) is 22.1 Å². The van der Waals surface area contributed by atoms with Crippen LogP contribution in [0.5, 0.6) is 0 Å². The Morgan fingerprint density at radius 1 is 1.25 bits per heavy atom. The van der Waals surface area contributed by atoms with E-state index in [1.165, 1.54) is 6.08 Å². The number of rotatable bonds is 9. The van der Waals surface area contributed by atoms with Gasteiger partial charge in [0.2, 0.25) is 0 Å². The topological polar surface area (TPSA) is 29.5 Å². The largest absolute Gasteiger partial charge is 0.431 e. The average molecular weight is 303 g/mol. The van der Waals surface area contributed by atoms with Crippen LogP contribution in [-0.4, -0.2) is 42.9 Å². The number of carbonyl (C=O) groups excluding carboxylic acids is 1. The Balaban J connectivity index is 4.76. The highest BCUT2D eigenvalue weighted by Gasteiger charge is 2.61. The molecule has 0 rings (SSSR count). The van der Waals surface area contributed by atoms with E-state index >= 15 is 0 Å². The van der Waals surface area contributed by atoms with Gasteiger partial charge in [-0.05, 0) is 23.8 Å². The lowest BCUT2D eigenvalue weighted by Gasteiger charge is -2.30. The number of likely N-dealkylation sites (N-methyl/N-ethyl adjacent to an activating group) is 1. The van der Waals surface area contributed by atoms with Gasteiger partial charge in [0.25, 0.3) is 11.6 Å². The zero-order valence-corrected chi connectivity index (χ0v) is 11.2. The number of halogens is 5. The van der Waals surface area contributed by atoms with E-state index in [4.69, 9.17) is 0 Å². The summed E-state index contributed by atoms with van der Waals surface area (Å²) in [6, 6.07) is 0. The van der Waals surface area contributed by atoms with E-state index in [-0.39, 0.29) is 32.4 Å². The summed E-state index contributed by atoms with van der Waals surface area (Å²) in [5, 5.41) is 0. The van der Waals surface area contributed by atoms with E-state index in [1.54, 1.807) is 0 Å². The molecule has 8 heteroatoms. The number of hydrogen-bond donors (Lipinski definition) is 0. The average Bonchev–Trinajstić information content (AvgIpc) is 2.36. The SMILES string of the molecule is C=CCN(C)C(=O)C(F)(CCCCCOF)C(F)(F)F. The molecule has 0 aromatic rings. The zero-order valence-electron chi connectivity index (χ0n) is 11.2. The van der Waals surface area contributed by atoms with Crippen LogP contribution < -0.4 is 0 Å². The van der Waals surface area contributed by atoms with Crippen LogP contribution in [0.2, 0.25) is 0 Å². The van der Waals surface area contributed by atoms with E-state index in [0.717, 1.165) is 7.05 Å². The van der Waals surface area contributed by atoms with Crippen molar-refractivity contribution in [3.05, 3.63) is 12.7 Å². The van der Waals surface area contributed by atoms with Crippen LogP contribution in [0, 0.1) is 0 Å². The fraction of sp³-hybridized carbons (Fsp3) is 0.750. The van der Waals surface area contributed by atoms with E-state index in [1.807, 2.05) is 0 Å². The Labute approximate surface area is 114 Å². The number of carbonyl (C=O) groups is 1. The van der Waals surface area contributed by atoms with Crippen LogP contribution >= 0.6 is 0 Å². The van der Waals surface area contributed by atoms with Crippen LogP contribution in [0.1, 0.15) is 25.7 Å². The van der Waals surface area contributed by atoms with Crippen LogP contribution in [0.25, 0.3) is 0 Å². The van der Waals surface area contributed by atoms with Gasteiger partial charge in [-0.2, -0.15) is 18.1 Å². The van der Waals surface area contributed by atoms with Crippen molar-refractivity contribution in [3.8, 4) is 0 Å². The third kappa shape index (κ3) is 5.07. The number of unbranched alkanes of at least 4 members (excludes halogenated alkanes) is 2. The molecule has 0 fully saturated rings. The fourth-order valence-corrected chi connectivity index (χ4v) is 1.65. The van der Waals surface area contributed by atoms with Crippen molar-refractivity contribution in [3.63, 3.8) is 0 Å². The van der Waals surface area contributed by atoms with Gasteiger partial charge in [-0.1, -0.05) is 12.5 Å². The minimum absolute atomic E-state index is 0.129. The van der Waals surface area contributed by atoms with Crippen LogP contribution in [0.15, 0.2) is 12.7 Å². The van der Waals surface area contributed by atoms with E-state index in [2.05, 4.69) is 11.5 Å². The molecule has 0 aliphatic rings. The summed E-state index contributed by atoms with van der Waals surface area (Å²) in [7, 11) is 1.07. The number of alkyl halides is 4. The van der Waals surface area contributed by atoms with Gasteiger partial charge in [0.15, 0.2) is 0 Å². The second kappa shape index (κ2) is 8.18. The molecule has 1 unspecified atom stereocenters. The maximum atomic E-state index is 14.1. The number of nitrogens with zero attached hydrogens (tertiary/aromatic N) is 1. The summed E-state index contributed by atoms with van der Waals surface area (Å²) in [6.07, 6.45) is -5.01. The van der Waals surface area contributed by atoms with Crippen molar-refractivity contribution in [1.82, 2.24) is 4.90 Å². The van der Waals surface area contributed by atoms with Crippen molar-refractivity contribution in [2.45, 2.75) is 37.5 Å². The molecule has 3 nitrogen and oxygen atoms in total. The molecule has 0 heterocycles. The van der Waals surface area contributed by atoms with Crippen molar-refractivity contribution >= 4 is 5.91 Å². The molecule has 0 aliphatic carbocycles. The van der Waals surface area contributed by atoms with Gasteiger partial charge in [-0.3, -0.25) is 4.79 Å². The van der Waals surface area contributed by atoms with Gasteiger partial charge in [0, 0.05) is 13.6 Å². The molecule has 0 aromatic heterocycles. The van der Waals surface area contributed by atoms with Gasteiger partial charge < -0.3 is 4.90 Å². The second-order valence-corrected chi connectivity index (χ2v) is 4.40. The summed E-state index contributed by atoms with van der Waals surface area (Å²) in [4.78, 5) is 15.5. The predicted molar refractivity (Wildman–Crippen MR) is 63.3 cm³/mol. The van der Waals surface area contributed by atoms with Crippen molar-refractivity contribution in [2.75, 3.05) is 20.2 Å². The molecular weight excluding hydrogens is 285 g/mol. The summed E-state index contributed by atoms with van der Waals surface area (Å²) in [5.41, 5.74) is -3.93. The Morgan fingerprint density at radius 3 is 2.30 bits per heavy atom. The highest BCUT2D eigenvalue weighted by molar-refractivity contribution is 5.86. The quantitative estimate of drug-likeness (QED) is 0.371. The molecule has 0 radical (unpaired) electrons. The van der Waals surface area contributed by atoms with E-state index in [0.29, 0.717) is 4.90 Å². The highest BCUT2D eigenvalue weighted by Crippen LogP contribution is 2.39. The van der Waals surface area contributed by atoms with Gasteiger partial charge >= 0.3 is 6.18 Å². The molecule has 20 heavy (non-hydrogen) atoms. The highest BCUT2D eigenvalue weighted by atomic mass is 19.4. The first-order chi connectivity index (χ1) is 9.20. The minimum Gasteiger partial charge on any atom is -0.339 e. The van der Waals surface area contributed by atoms with Crippen molar-refractivity contribution < 1.29 is 31.8 Å². The molecule has 0 N–H and O–H groups in total. The summed E-state index contributed by atoms with van der Waals surface area (Å²) in [6.45, 7) is 2.82. The predicted octanol–water partition coefficient (Wildman–Crippen LogP) is 3.36. The zero-order chi connectivity index (χ0) is 15.8. The number of hydrogen-bond acceptors (Lipinski definition) is 2. The molecule has 0 saturated carbocycles. The van der Waals surface area contributed by atoms with E-state index in [9.17, 15) is 26.9 Å². The molecule has 1 amide bonds. The fourth-order valence-electron chi connectivity index (χ4n) is 1.65. The first kappa shape index (κ1) is 18.8. The normalized spacial score (nSPS) is 14.7. The molecule has 0 saturated heterocycles. The first-order valence-electron chi connectivity index (χ1n) is 6.06. The molecular formula is C12H18F5NO2.